The molecule has 0 bridgehead atoms. The van der Waals surface area contributed by atoms with E-state index in [0.29, 0.717) is 24.3 Å². The van der Waals surface area contributed by atoms with Crippen molar-refractivity contribution in [3.8, 4) is 0 Å². The van der Waals surface area contributed by atoms with Crippen molar-refractivity contribution in [2.24, 2.45) is 5.73 Å². The third-order valence-electron chi connectivity index (χ3n) is 4.49. The van der Waals surface area contributed by atoms with Crippen molar-refractivity contribution in [2.75, 3.05) is 21.9 Å². The molecular weight excluding hydrogens is 386 g/mol. The Bertz CT molecular complexity index is 904. The number of amides is 1. The summed E-state index contributed by atoms with van der Waals surface area (Å²) in [5.41, 5.74) is 9.03. The van der Waals surface area contributed by atoms with E-state index in [1.54, 1.807) is 12.1 Å². The van der Waals surface area contributed by atoms with Gasteiger partial charge >= 0.3 is 0 Å². The fourth-order valence-electron chi connectivity index (χ4n) is 3.10. The topological polar surface area (TPSA) is 92.5 Å². The number of carbonyl (C=O) groups excluding carboxylic acids is 1. The fourth-order valence-corrected chi connectivity index (χ4v) is 4.71. The summed E-state index contributed by atoms with van der Waals surface area (Å²) in [7, 11) is -3.26. The number of nitrogens with one attached hydrogen (secondary N) is 1. The van der Waals surface area contributed by atoms with Gasteiger partial charge in [0, 0.05) is 24.7 Å². The minimum atomic E-state index is -3.26. The van der Waals surface area contributed by atoms with Gasteiger partial charge in [0.25, 0.3) is 0 Å². The number of sulfonamides is 1. The number of aryl methyl sites for hydroxylation is 1. The van der Waals surface area contributed by atoms with Crippen molar-refractivity contribution in [3.05, 3.63) is 59.7 Å². The van der Waals surface area contributed by atoms with E-state index in [0.717, 1.165) is 11.1 Å². The summed E-state index contributed by atoms with van der Waals surface area (Å²) >= 11 is 0. The van der Waals surface area contributed by atoms with E-state index in [9.17, 15) is 13.2 Å². The highest BCUT2D eigenvalue weighted by atomic mass is 35.5. The lowest BCUT2D eigenvalue weighted by molar-refractivity contribution is -0.116. The van der Waals surface area contributed by atoms with Crippen LogP contribution in [0.5, 0.6) is 0 Å². The second-order valence-corrected chi connectivity index (χ2v) is 8.53. The van der Waals surface area contributed by atoms with Gasteiger partial charge in [0.05, 0.1) is 11.4 Å². The smallest absolute Gasteiger partial charge is 0.235 e. The van der Waals surface area contributed by atoms with Crippen molar-refractivity contribution in [3.63, 3.8) is 0 Å². The molecule has 1 saturated heterocycles. The van der Waals surface area contributed by atoms with Crippen LogP contribution in [-0.2, 0) is 14.8 Å². The van der Waals surface area contributed by atoms with E-state index < -0.39 is 10.0 Å². The van der Waals surface area contributed by atoms with Gasteiger partial charge in [0.2, 0.25) is 15.9 Å². The molecule has 0 aliphatic carbocycles. The number of halogens is 1. The molecule has 2 aromatic rings. The molecule has 1 heterocycles. The van der Waals surface area contributed by atoms with Crippen LogP contribution in [0, 0.1) is 6.92 Å². The van der Waals surface area contributed by atoms with Gasteiger partial charge in [0.15, 0.2) is 0 Å². The number of hydrogen-bond donors (Lipinski definition) is 2. The number of rotatable bonds is 5. The number of hydrogen-bond acceptors (Lipinski definition) is 4. The van der Waals surface area contributed by atoms with Crippen molar-refractivity contribution in [1.82, 2.24) is 0 Å². The SMILES string of the molecule is Cc1ccc(NC(=O)CC(N)c2ccccc2)cc1N1CCCS1(=O)=O.Cl. The number of carbonyl (C=O) groups is 1. The number of anilines is 2. The number of nitrogens with zero attached hydrogens (tertiary/aromatic N) is 1. The first-order chi connectivity index (χ1) is 12.4. The van der Waals surface area contributed by atoms with E-state index in [4.69, 9.17) is 5.73 Å². The first-order valence-corrected chi connectivity index (χ1v) is 10.2. The van der Waals surface area contributed by atoms with Crippen LogP contribution in [0.1, 0.15) is 30.0 Å². The predicted molar refractivity (Wildman–Crippen MR) is 111 cm³/mol. The zero-order valence-electron chi connectivity index (χ0n) is 15.1. The van der Waals surface area contributed by atoms with Gasteiger partial charge < -0.3 is 11.1 Å². The van der Waals surface area contributed by atoms with Crippen LogP contribution in [0.25, 0.3) is 0 Å². The van der Waals surface area contributed by atoms with E-state index in [1.165, 1.54) is 4.31 Å². The lowest BCUT2D eigenvalue weighted by Gasteiger charge is -2.20. The number of nitrogens with two attached hydrogens (primary N) is 1. The molecule has 27 heavy (non-hydrogen) atoms. The van der Waals surface area contributed by atoms with E-state index >= 15 is 0 Å². The molecule has 2 aromatic carbocycles. The highest BCUT2D eigenvalue weighted by Gasteiger charge is 2.29. The lowest BCUT2D eigenvalue weighted by atomic mass is 10.0. The normalized spacial score (nSPS) is 16.4. The summed E-state index contributed by atoms with van der Waals surface area (Å²) in [4.78, 5) is 12.3. The largest absolute Gasteiger partial charge is 0.326 e. The average molecular weight is 410 g/mol. The first-order valence-electron chi connectivity index (χ1n) is 8.58. The molecule has 0 aromatic heterocycles. The van der Waals surface area contributed by atoms with Gasteiger partial charge in [-0.1, -0.05) is 36.4 Å². The third-order valence-corrected chi connectivity index (χ3v) is 6.35. The second-order valence-electron chi connectivity index (χ2n) is 6.51. The molecular formula is C19H24ClN3O3S. The Hall–Kier alpha value is -2.09. The summed E-state index contributed by atoms with van der Waals surface area (Å²) in [6.45, 7) is 2.33. The Morgan fingerprint density at radius 3 is 2.56 bits per heavy atom. The quantitative estimate of drug-likeness (QED) is 0.793. The van der Waals surface area contributed by atoms with Crippen molar-refractivity contribution in [1.29, 1.82) is 0 Å². The van der Waals surface area contributed by atoms with Gasteiger partial charge in [-0.3, -0.25) is 9.10 Å². The molecule has 1 aliphatic rings. The standard InChI is InChI=1S/C19H23N3O3S.ClH/c1-14-8-9-16(12-18(14)22-10-5-11-26(22,24)25)21-19(23)13-17(20)15-6-3-2-4-7-15;/h2-4,6-9,12,17H,5,10-11,13,20H2,1H3,(H,21,23);1H. The summed E-state index contributed by atoms with van der Waals surface area (Å²) in [5, 5.41) is 2.82. The van der Waals surface area contributed by atoms with Crippen LogP contribution in [0.4, 0.5) is 11.4 Å². The van der Waals surface area contributed by atoms with E-state index in [2.05, 4.69) is 5.32 Å². The highest BCUT2D eigenvalue weighted by molar-refractivity contribution is 7.93. The molecule has 3 N–H and O–H groups in total. The number of benzene rings is 2. The molecule has 8 heteroatoms. The van der Waals surface area contributed by atoms with Crippen LogP contribution in [0.2, 0.25) is 0 Å². The predicted octanol–water partition coefficient (Wildman–Crippen LogP) is 2.99. The summed E-state index contributed by atoms with van der Waals surface area (Å²) < 4.78 is 25.8. The first kappa shape index (κ1) is 21.2. The van der Waals surface area contributed by atoms with Crippen LogP contribution in [0.15, 0.2) is 48.5 Å². The van der Waals surface area contributed by atoms with Crippen molar-refractivity contribution in [2.45, 2.75) is 25.8 Å². The summed E-state index contributed by atoms with van der Waals surface area (Å²) in [6.07, 6.45) is 0.763. The fraction of sp³-hybridized carbons (Fsp3) is 0.316. The van der Waals surface area contributed by atoms with Crippen molar-refractivity contribution >= 4 is 39.7 Å². The van der Waals surface area contributed by atoms with Crippen LogP contribution in [-0.4, -0.2) is 26.6 Å². The monoisotopic (exact) mass is 409 g/mol. The van der Waals surface area contributed by atoms with Crippen molar-refractivity contribution < 1.29 is 13.2 Å². The lowest BCUT2D eigenvalue weighted by Crippen LogP contribution is -2.26. The Morgan fingerprint density at radius 1 is 1.22 bits per heavy atom. The molecule has 1 amide bonds. The molecule has 0 radical (unpaired) electrons. The molecule has 1 aliphatic heterocycles. The van der Waals surface area contributed by atoms with Gasteiger partial charge in [-0.05, 0) is 36.6 Å². The van der Waals surface area contributed by atoms with E-state index in [1.807, 2.05) is 43.3 Å². The molecule has 0 spiro atoms. The molecule has 6 nitrogen and oxygen atoms in total. The Kier molecular flexibility index (Phi) is 6.86. The zero-order chi connectivity index (χ0) is 18.7. The molecule has 1 unspecified atom stereocenters. The van der Waals surface area contributed by atoms with Gasteiger partial charge in [-0.25, -0.2) is 8.42 Å². The van der Waals surface area contributed by atoms with Crippen LogP contribution in [0.3, 0.4) is 0 Å². The molecule has 3 rings (SSSR count). The highest BCUT2D eigenvalue weighted by Crippen LogP contribution is 2.30. The Labute approximate surface area is 166 Å². The minimum absolute atomic E-state index is 0. The third kappa shape index (κ3) is 5.00. The maximum absolute atomic E-state index is 12.3. The Morgan fingerprint density at radius 2 is 1.93 bits per heavy atom. The van der Waals surface area contributed by atoms with Crippen LogP contribution >= 0.6 is 12.4 Å². The summed E-state index contributed by atoms with van der Waals surface area (Å²) in [6, 6.07) is 14.4. The van der Waals surface area contributed by atoms with Gasteiger partial charge in [-0.15, -0.1) is 12.4 Å². The van der Waals surface area contributed by atoms with Gasteiger partial charge in [-0.2, -0.15) is 0 Å². The second kappa shape index (κ2) is 8.73. The maximum atomic E-state index is 12.3. The zero-order valence-corrected chi connectivity index (χ0v) is 16.7. The summed E-state index contributed by atoms with van der Waals surface area (Å²) in [5.74, 6) is -0.0463. The minimum Gasteiger partial charge on any atom is -0.326 e. The molecule has 1 fully saturated rings. The molecule has 0 saturated carbocycles. The van der Waals surface area contributed by atoms with Crippen LogP contribution < -0.4 is 15.4 Å². The van der Waals surface area contributed by atoms with Gasteiger partial charge in [0.1, 0.15) is 0 Å². The Balaban J connectivity index is 0.00000261. The average Bonchev–Trinajstić information content (AvgIpc) is 2.96. The molecule has 1 atom stereocenters. The van der Waals surface area contributed by atoms with E-state index in [-0.39, 0.29) is 36.5 Å². The maximum Gasteiger partial charge on any atom is 0.235 e. The molecule has 146 valence electrons.